The number of aliphatic hydroxyl groups excluding tert-OH is 1. The number of aryl methyl sites for hydroxylation is 1. The number of phenolic OH excluding ortho intramolecular Hbond substituents is 1. The highest BCUT2D eigenvalue weighted by Gasteiger charge is 2.18. The molecule has 0 spiro atoms. The molecule has 3 rings (SSSR count). The van der Waals surface area contributed by atoms with Crippen LogP contribution in [0.2, 0.25) is 0 Å². The predicted molar refractivity (Wildman–Crippen MR) is 108 cm³/mol. The van der Waals surface area contributed by atoms with Gasteiger partial charge in [0.05, 0.1) is 28.4 Å². The Morgan fingerprint density at radius 1 is 1.19 bits per heavy atom. The van der Waals surface area contributed by atoms with Crippen LogP contribution in [0, 0.1) is 6.92 Å². The number of aliphatic hydroxyl groups is 1. The summed E-state index contributed by atoms with van der Waals surface area (Å²) < 4.78 is 0. The zero-order valence-electron chi connectivity index (χ0n) is 15.2. The van der Waals surface area contributed by atoms with Crippen molar-refractivity contribution in [3.8, 4) is 5.75 Å². The van der Waals surface area contributed by atoms with Crippen molar-refractivity contribution >= 4 is 28.6 Å². The van der Waals surface area contributed by atoms with E-state index >= 15 is 0 Å². The molecule has 0 saturated carbocycles. The number of aromatic nitrogens is 1. The first kappa shape index (κ1) is 19.2. The number of phenols is 1. The van der Waals surface area contributed by atoms with Crippen molar-refractivity contribution in [3.05, 3.63) is 65.7 Å². The summed E-state index contributed by atoms with van der Waals surface area (Å²) in [6.45, 7) is 3.78. The Labute approximate surface area is 162 Å². The van der Waals surface area contributed by atoms with Crippen LogP contribution in [0.1, 0.15) is 24.2 Å². The third kappa shape index (κ3) is 4.78. The van der Waals surface area contributed by atoms with E-state index in [4.69, 9.17) is 0 Å². The van der Waals surface area contributed by atoms with Gasteiger partial charge in [0.2, 0.25) is 5.91 Å². The fourth-order valence-corrected chi connectivity index (χ4v) is 3.65. The summed E-state index contributed by atoms with van der Waals surface area (Å²) in [4.78, 5) is 16.8. The highest BCUT2D eigenvalue weighted by atomic mass is 32.2. The van der Waals surface area contributed by atoms with Crippen molar-refractivity contribution in [2.45, 2.75) is 31.0 Å². The second-order valence-electron chi connectivity index (χ2n) is 6.48. The molecule has 3 N–H and O–H groups in total. The molecule has 2 aromatic carbocycles. The summed E-state index contributed by atoms with van der Waals surface area (Å²) in [5.74, 6) is 0.187. The lowest BCUT2D eigenvalue weighted by Gasteiger charge is -2.20. The summed E-state index contributed by atoms with van der Waals surface area (Å²) in [7, 11) is 0. The number of nitrogens with one attached hydrogen (secondary N) is 1. The Bertz CT molecular complexity index is 944. The van der Waals surface area contributed by atoms with Gasteiger partial charge in [-0.1, -0.05) is 42.1 Å². The molecule has 1 amide bonds. The van der Waals surface area contributed by atoms with E-state index in [0.717, 1.165) is 21.5 Å². The molecule has 5 nitrogen and oxygen atoms in total. The maximum absolute atomic E-state index is 12.3. The second kappa shape index (κ2) is 8.41. The number of para-hydroxylation sites is 1. The van der Waals surface area contributed by atoms with Crippen LogP contribution in [-0.2, 0) is 4.79 Å². The summed E-state index contributed by atoms with van der Waals surface area (Å²) in [6.07, 6.45) is -0.847. The van der Waals surface area contributed by atoms with Crippen LogP contribution >= 0.6 is 11.8 Å². The molecule has 0 aliphatic heterocycles. The molecule has 3 aromatic rings. The smallest absolute Gasteiger partial charge is 0.230 e. The average molecular weight is 382 g/mol. The van der Waals surface area contributed by atoms with E-state index in [2.05, 4.69) is 10.3 Å². The van der Waals surface area contributed by atoms with Gasteiger partial charge in [-0.2, -0.15) is 0 Å². The van der Waals surface area contributed by atoms with E-state index < -0.39 is 12.1 Å². The fourth-order valence-electron chi connectivity index (χ4n) is 2.87. The Kier molecular flexibility index (Phi) is 5.98. The van der Waals surface area contributed by atoms with Crippen LogP contribution in [-0.4, -0.2) is 32.9 Å². The lowest BCUT2D eigenvalue weighted by molar-refractivity contribution is -0.119. The Balaban J connectivity index is 1.58. The SMILES string of the molecule is Cc1cc(SCC(=O)N[C@H](C)[C@H](O)c2ccc(O)cc2)nc2ccccc12. The molecule has 0 aliphatic carbocycles. The summed E-state index contributed by atoms with van der Waals surface area (Å²) >= 11 is 1.37. The van der Waals surface area contributed by atoms with E-state index in [1.807, 2.05) is 37.3 Å². The minimum absolute atomic E-state index is 0.136. The summed E-state index contributed by atoms with van der Waals surface area (Å²) in [6, 6.07) is 15.8. The topological polar surface area (TPSA) is 82.5 Å². The van der Waals surface area contributed by atoms with Gasteiger partial charge in [0.1, 0.15) is 5.75 Å². The average Bonchev–Trinajstić information content (AvgIpc) is 2.66. The van der Waals surface area contributed by atoms with Crippen molar-refractivity contribution in [1.82, 2.24) is 10.3 Å². The molecular formula is C21H22N2O3S. The van der Waals surface area contributed by atoms with Gasteiger partial charge in [0, 0.05) is 5.39 Å². The van der Waals surface area contributed by atoms with Gasteiger partial charge < -0.3 is 15.5 Å². The number of nitrogens with zero attached hydrogens (tertiary/aromatic N) is 1. The molecule has 140 valence electrons. The predicted octanol–water partition coefficient (Wildman–Crippen LogP) is 3.58. The molecule has 27 heavy (non-hydrogen) atoms. The number of pyridine rings is 1. The van der Waals surface area contributed by atoms with Crippen molar-refractivity contribution in [3.63, 3.8) is 0 Å². The molecule has 1 heterocycles. The quantitative estimate of drug-likeness (QED) is 0.568. The Morgan fingerprint density at radius 3 is 2.63 bits per heavy atom. The molecule has 0 bridgehead atoms. The largest absolute Gasteiger partial charge is 0.508 e. The normalized spacial score (nSPS) is 13.3. The number of fused-ring (bicyclic) bond motifs is 1. The first-order valence-electron chi connectivity index (χ1n) is 8.69. The van der Waals surface area contributed by atoms with Crippen LogP contribution in [0.25, 0.3) is 10.9 Å². The maximum atomic E-state index is 12.3. The first-order chi connectivity index (χ1) is 12.9. The second-order valence-corrected chi connectivity index (χ2v) is 7.47. The van der Waals surface area contributed by atoms with Gasteiger partial charge in [0.15, 0.2) is 0 Å². The molecule has 6 heteroatoms. The summed E-state index contributed by atoms with van der Waals surface area (Å²) in [5, 5.41) is 24.4. The van der Waals surface area contributed by atoms with Crippen molar-refractivity contribution in [2.75, 3.05) is 5.75 Å². The van der Waals surface area contributed by atoms with Crippen LogP contribution in [0.4, 0.5) is 0 Å². The van der Waals surface area contributed by atoms with Crippen molar-refractivity contribution in [2.24, 2.45) is 0 Å². The summed E-state index contributed by atoms with van der Waals surface area (Å²) in [5.41, 5.74) is 2.68. The number of aromatic hydroxyl groups is 1. The van der Waals surface area contributed by atoms with E-state index in [0.29, 0.717) is 5.56 Å². The minimum atomic E-state index is -0.847. The lowest BCUT2D eigenvalue weighted by Crippen LogP contribution is -2.38. The third-order valence-corrected chi connectivity index (χ3v) is 5.26. The molecular weight excluding hydrogens is 360 g/mol. The van der Waals surface area contributed by atoms with Crippen LogP contribution in [0.5, 0.6) is 5.75 Å². The van der Waals surface area contributed by atoms with Gasteiger partial charge in [-0.15, -0.1) is 0 Å². The van der Waals surface area contributed by atoms with E-state index in [-0.39, 0.29) is 17.4 Å². The third-order valence-electron chi connectivity index (χ3n) is 4.35. The van der Waals surface area contributed by atoms with Crippen LogP contribution < -0.4 is 5.32 Å². The molecule has 0 unspecified atom stereocenters. The van der Waals surface area contributed by atoms with E-state index in [1.165, 1.54) is 23.9 Å². The Morgan fingerprint density at radius 2 is 1.89 bits per heavy atom. The minimum Gasteiger partial charge on any atom is -0.508 e. The number of hydrogen-bond acceptors (Lipinski definition) is 5. The molecule has 0 aliphatic rings. The van der Waals surface area contributed by atoms with Crippen molar-refractivity contribution in [1.29, 1.82) is 0 Å². The monoisotopic (exact) mass is 382 g/mol. The maximum Gasteiger partial charge on any atom is 0.230 e. The number of carbonyl (C=O) groups excluding carboxylic acids is 1. The van der Waals surface area contributed by atoms with E-state index in [1.54, 1.807) is 19.1 Å². The van der Waals surface area contributed by atoms with Gasteiger partial charge in [-0.3, -0.25) is 4.79 Å². The number of thioether (sulfide) groups is 1. The van der Waals surface area contributed by atoms with Gasteiger partial charge in [-0.05, 0) is 49.2 Å². The number of carbonyl (C=O) groups is 1. The molecule has 1 aromatic heterocycles. The standard InChI is InChI=1S/C21H22N2O3S/c1-13-11-20(23-18-6-4-3-5-17(13)18)27-12-19(25)22-14(2)21(26)15-7-9-16(24)10-8-15/h3-11,14,21,24,26H,12H2,1-2H3,(H,22,25)/t14-,21+/m1/s1. The fraction of sp³-hybridized carbons (Fsp3) is 0.238. The van der Waals surface area contributed by atoms with E-state index in [9.17, 15) is 15.0 Å². The molecule has 0 saturated heterocycles. The lowest BCUT2D eigenvalue weighted by atomic mass is 10.0. The zero-order valence-corrected chi connectivity index (χ0v) is 16.0. The molecule has 0 fully saturated rings. The zero-order chi connectivity index (χ0) is 19.4. The van der Waals surface area contributed by atoms with Gasteiger partial charge in [-0.25, -0.2) is 4.98 Å². The number of hydrogen-bond donors (Lipinski definition) is 3. The van der Waals surface area contributed by atoms with Crippen LogP contribution in [0.15, 0.2) is 59.6 Å². The van der Waals surface area contributed by atoms with Gasteiger partial charge in [0.25, 0.3) is 0 Å². The van der Waals surface area contributed by atoms with Gasteiger partial charge >= 0.3 is 0 Å². The molecule has 2 atom stereocenters. The first-order valence-corrected chi connectivity index (χ1v) is 9.68. The Hall–Kier alpha value is -2.57. The highest BCUT2D eigenvalue weighted by molar-refractivity contribution is 7.99. The highest BCUT2D eigenvalue weighted by Crippen LogP contribution is 2.24. The van der Waals surface area contributed by atoms with Crippen molar-refractivity contribution < 1.29 is 15.0 Å². The number of amides is 1. The number of rotatable bonds is 6. The van der Waals surface area contributed by atoms with Crippen LogP contribution in [0.3, 0.4) is 0 Å². The molecule has 0 radical (unpaired) electrons. The number of benzene rings is 2.